The molecule has 3 rings (SSSR count). The van der Waals surface area contributed by atoms with Gasteiger partial charge in [0.15, 0.2) is 12.2 Å². The molecule has 1 aliphatic heterocycles. The number of aliphatic hydroxyl groups is 1. The molecule has 0 radical (unpaired) electrons. The number of fused-ring (bicyclic) bond motifs is 3. The van der Waals surface area contributed by atoms with Gasteiger partial charge in [0.25, 0.3) is 0 Å². The fourth-order valence-electron chi connectivity index (χ4n) is 4.27. The lowest BCUT2D eigenvalue weighted by Crippen LogP contribution is -2.47. The number of hydrogen-bond donors (Lipinski definition) is 1. The molecule has 0 amide bonds. The molecule has 0 bridgehead atoms. The number of carbonyl (C=O) groups excluding carboxylic acids is 3. The molecule has 0 aromatic heterocycles. The molecular weight excluding hydrogens is 364 g/mol. The number of hydrogen-bond acceptors (Lipinski definition) is 7. The zero-order valence-corrected chi connectivity index (χ0v) is 16.7. The highest BCUT2D eigenvalue weighted by Crippen LogP contribution is 2.50. The van der Waals surface area contributed by atoms with E-state index in [1.165, 1.54) is 6.92 Å². The first-order valence-corrected chi connectivity index (χ1v) is 9.35. The normalized spacial score (nSPS) is 36.8. The van der Waals surface area contributed by atoms with Crippen LogP contribution in [0.5, 0.6) is 0 Å². The predicted octanol–water partition coefficient (Wildman–Crippen LogP) is 1.85. The summed E-state index contributed by atoms with van der Waals surface area (Å²) in [7, 11) is 0. The highest BCUT2D eigenvalue weighted by molar-refractivity contribution is 5.91. The van der Waals surface area contributed by atoms with Crippen LogP contribution in [-0.2, 0) is 28.6 Å². The predicted molar refractivity (Wildman–Crippen MR) is 98.7 cm³/mol. The van der Waals surface area contributed by atoms with Crippen LogP contribution in [-0.4, -0.2) is 46.9 Å². The zero-order valence-electron chi connectivity index (χ0n) is 16.7. The van der Waals surface area contributed by atoms with Gasteiger partial charge in [-0.2, -0.15) is 0 Å². The Bertz CT molecular complexity index is 802. The Morgan fingerprint density at radius 2 is 1.96 bits per heavy atom. The molecule has 0 aromatic carbocycles. The van der Waals surface area contributed by atoms with Crippen molar-refractivity contribution in [1.82, 2.24) is 0 Å². The van der Waals surface area contributed by atoms with Crippen molar-refractivity contribution in [3.63, 3.8) is 0 Å². The minimum atomic E-state index is -1.28. The maximum absolute atomic E-state index is 12.4. The molecule has 7 nitrogen and oxygen atoms in total. The van der Waals surface area contributed by atoms with E-state index in [-0.39, 0.29) is 5.57 Å². The molecule has 0 aromatic rings. The van der Waals surface area contributed by atoms with Gasteiger partial charge >= 0.3 is 17.9 Å². The van der Waals surface area contributed by atoms with Crippen molar-refractivity contribution in [2.45, 2.75) is 58.5 Å². The van der Waals surface area contributed by atoms with Crippen molar-refractivity contribution >= 4 is 17.9 Å². The minimum Gasteiger partial charge on any atom is -0.457 e. The largest absolute Gasteiger partial charge is 0.457 e. The van der Waals surface area contributed by atoms with E-state index in [0.717, 1.165) is 0 Å². The van der Waals surface area contributed by atoms with Crippen molar-refractivity contribution in [1.29, 1.82) is 0 Å². The maximum atomic E-state index is 12.4. The molecule has 7 heteroatoms. The van der Waals surface area contributed by atoms with Gasteiger partial charge in [-0.3, -0.25) is 9.59 Å². The molecule has 1 heterocycles. The van der Waals surface area contributed by atoms with Gasteiger partial charge in [0, 0.05) is 12.5 Å². The van der Waals surface area contributed by atoms with E-state index < -0.39 is 59.6 Å². The van der Waals surface area contributed by atoms with Crippen LogP contribution in [0.1, 0.15) is 34.6 Å². The summed E-state index contributed by atoms with van der Waals surface area (Å²) in [6, 6.07) is 0. The first kappa shape index (κ1) is 20.3. The summed E-state index contributed by atoms with van der Waals surface area (Å²) in [6.45, 7) is 11.9. The molecule has 2 aliphatic carbocycles. The summed E-state index contributed by atoms with van der Waals surface area (Å²) in [5.74, 6) is -3.38. The van der Waals surface area contributed by atoms with E-state index in [1.807, 2.05) is 0 Å². The van der Waals surface area contributed by atoms with Crippen LogP contribution in [0.2, 0.25) is 0 Å². The number of rotatable bonds is 3. The van der Waals surface area contributed by atoms with Crippen molar-refractivity contribution in [2.24, 2.45) is 17.8 Å². The van der Waals surface area contributed by atoms with Crippen molar-refractivity contribution in [3.05, 3.63) is 35.5 Å². The van der Waals surface area contributed by atoms with E-state index in [1.54, 1.807) is 39.8 Å². The minimum absolute atomic E-state index is 0.139. The molecule has 3 aliphatic rings. The van der Waals surface area contributed by atoms with E-state index in [4.69, 9.17) is 14.2 Å². The van der Waals surface area contributed by atoms with Gasteiger partial charge in [-0.15, -0.1) is 0 Å². The number of ether oxygens (including phenoxy) is 3. The molecule has 6 unspecified atom stereocenters. The van der Waals surface area contributed by atoms with Gasteiger partial charge in [-0.05, 0) is 25.0 Å². The van der Waals surface area contributed by atoms with Gasteiger partial charge < -0.3 is 19.3 Å². The monoisotopic (exact) mass is 390 g/mol. The van der Waals surface area contributed by atoms with Gasteiger partial charge in [-0.1, -0.05) is 32.6 Å². The Morgan fingerprint density at radius 3 is 2.54 bits per heavy atom. The van der Waals surface area contributed by atoms with Crippen LogP contribution in [0.4, 0.5) is 0 Å². The standard InChI is InChI=1S/C21H26O7/c1-9(2)19(23)28-18-14-11(4)20(24)27-17(14)15-13(7-8-21(15,6)25)10(3)16(18)26-12(5)22/h7-9,14-18,25H,4H2,1-3,5-6H3. The van der Waals surface area contributed by atoms with Gasteiger partial charge in [0.05, 0.1) is 23.4 Å². The van der Waals surface area contributed by atoms with Crippen LogP contribution < -0.4 is 0 Å². The van der Waals surface area contributed by atoms with Crippen molar-refractivity contribution in [3.8, 4) is 0 Å². The molecule has 0 spiro atoms. The molecule has 6 atom stereocenters. The summed E-state index contributed by atoms with van der Waals surface area (Å²) in [6.07, 6.45) is 0.686. The van der Waals surface area contributed by atoms with Crippen LogP contribution in [0.25, 0.3) is 0 Å². The molecule has 1 fully saturated rings. The van der Waals surface area contributed by atoms with Crippen molar-refractivity contribution < 1.29 is 33.7 Å². The van der Waals surface area contributed by atoms with Gasteiger partial charge in [0.1, 0.15) is 6.10 Å². The average molecular weight is 390 g/mol. The third-order valence-electron chi connectivity index (χ3n) is 5.71. The second-order valence-electron chi connectivity index (χ2n) is 8.18. The fourth-order valence-corrected chi connectivity index (χ4v) is 4.27. The van der Waals surface area contributed by atoms with Crippen molar-refractivity contribution in [2.75, 3.05) is 0 Å². The number of esters is 3. The Kier molecular flexibility index (Phi) is 5.00. The van der Waals surface area contributed by atoms with Crippen LogP contribution >= 0.6 is 0 Å². The Labute approximate surface area is 164 Å². The number of carbonyl (C=O) groups is 3. The van der Waals surface area contributed by atoms with Crippen LogP contribution in [0.15, 0.2) is 35.5 Å². The highest BCUT2D eigenvalue weighted by atomic mass is 16.6. The van der Waals surface area contributed by atoms with Crippen LogP contribution in [0.3, 0.4) is 0 Å². The maximum Gasteiger partial charge on any atom is 0.334 e. The second kappa shape index (κ2) is 6.88. The fraction of sp³-hybridized carbons (Fsp3) is 0.571. The smallest absolute Gasteiger partial charge is 0.334 e. The average Bonchev–Trinajstić information content (AvgIpc) is 3.02. The third-order valence-corrected chi connectivity index (χ3v) is 5.71. The Morgan fingerprint density at radius 1 is 1.32 bits per heavy atom. The van der Waals surface area contributed by atoms with Gasteiger partial charge in [-0.25, -0.2) is 4.79 Å². The summed E-state index contributed by atoms with van der Waals surface area (Å²) < 4.78 is 16.9. The van der Waals surface area contributed by atoms with E-state index in [0.29, 0.717) is 11.1 Å². The molecule has 152 valence electrons. The lowest BCUT2D eigenvalue weighted by molar-refractivity contribution is -0.172. The summed E-state index contributed by atoms with van der Waals surface area (Å²) >= 11 is 0. The highest BCUT2D eigenvalue weighted by Gasteiger charge is 2.59. The quantitative estimate of drug-likeness (QED) is 0.446. The molecule has 28 heavy (non-hydrogen) atoms. The lowest BCUT2D eigenvalue weighted by Gasteiger charge is -2.34. The summed E-state index contributed by atoms with van der Waals surface area (Å²) in [4.78, 5) is 36.6. The van der Waals surface area contributed by atoms with Gasteiger partial charge in [0.2, 0.25) is 0 Å². The first-order valence-electron chi connectivity index (χ1n) is 9.35. The molecular formula is C21H26O7. The molecule has 1 saturated heterocycles. The van der Waals surface area contributed by atoms with E-state index in [2.05, 4.69) is 6.58 Å². The lowest BCUT2D eigenvalue weighted by atomic mass is 9.78. The molecule has 0 saturated carbocycles. The SMILES string of the molecule is C=C1C(=O)OC2C1C(OC(=O)C(C)C)C(OC(C)=O)C(C)=C1C=CC(C)(O)C12. The van der Waals surface area contributed by atoms with E-state index in [9.17, 15) is 19.5 Å². The van der Waals surface area contributed by atoms with Crippen LogP contribution in [0, 0.1) is 17.8 Å². The third kappa shape index (κ3) is 3.17. The Hall–Kier alpha value is -2.41. The summed E-state index contributed by atoms with van der Waals surface area (Å²) in [5.41, 5.74) is 0.216. The van der Waals surface area contributed by atoms with E-state index >= 15 is 0 Å². The molecule has 1 N–H and O–H groups in total. The summed E-state index contributed by atoms with van der Waals surface area (Å²) in [5, 5.41) is 10.9. The first-order chi connectivity index (χ1) is 13.0. The number of allylic oxidation sites excluding steroid dienone is 1. The topological polar surface area (TPSA) is 99.1 Å². The Balaban J connectivity index is 2.18. The second-order valence-corrected chi connectivity index (χ2v) is 8.18. The zero-order chi connectivity index (χ0) is 21.0.